The number of thioether (sulfide) groups is 1. The van der Waals surface area contributed by atoms with E-state index in [2.05, 4.69) is 9.71 Å². The largest absolute Gasteiger partial charge is 0.396 e. The zero-order valence-corrected chi connectivity index (χ0v) is 12.2. The van der Waals surface area contributed by atoms with Crippen LogP contribution in [0.4, 0.5) is 5.82 Å². The van der Waals surface area contributed by atoms with Gasteiger partial charge in [0.2, 0.25) is 10.0 Å². The number of hydrogen-bond acceptors (Lipinski definition) is 7. The highest BCUT2D eigenvalue weighted by molar-refractivity contribution is 7.99. The molecule has 1 aromatic rings. The predicted octanol–water partition coefficient (Wildman–Crippen LogP) is 0.384. The Kier molecular flexibility index (Phi) is 6.85. The summed E-state index contributed by atoms with van der Waals surface area (Å²) in [6, 6.07) is 2.19. The average molecular weight is 321 g/mol. The van der Waals surface area contributed by atoms with Gasteiger partial charge in [-0.2, -0.15) is 11.8 Å². The molecule has 0 aliphatic carbocycles. The standard InChI is InChI=1S/C10H15N3O5S2/c14-5-1-6-19-7-4-12-20(17,18)9-2-3-10(11-8-9)13(15)16/h2-3,8,12,14H,1,4-7H2. The van der Waals surface area contributed by atoms with Crippen molar-refractivity contribution in [3.05, 3.63) is 28.4 Å². The minimum Gasteiger partial charge on any atom is -0.396 e. The van der Waals surface area contributed by atoms with Crippen LogP contribution >= 0.6 is 11.8 Å². The van der Waals surface area contributed by atoms with Crippen LogP contribution < -0.4 is 4.72 Å². The van der Waals surface area contributed by atoms with Crippen LogP contribution in [0.1, 0.15) is 6.42 Å². The second-order valence-electron chi connectivity index (χ2n) is 3.70. The van der Waals surface area contributed by atoms with Crippen molar-refractivity contribution in [2.24, 2.45) is 0 Å². The minimum atomic E-state index is -3.69. The lowest BCUT2D eigenvalue weighted by Gasteiger charge is -2.05. The number of aliphatic hydroxyl groups is 1. The van der Waals surface area contributed by atoms with E-state index in [1.807, 2.05) is 0 Å². The number of rotatable bonds is 9. The van der Waals surface area contributed by atoms with Gasteiger partial charge in [0, 0.05) is 25.0 Å². The van der Waals surface area contributed by atoms with E-state index < -0.39 is 20.8 Å². The molecule has 0 radical (unpaired) electrons. The molecule has 2 N–H and O–H groups in total. The molecule has 0 spiro atoms. The van der Waals surface area contributed by atoms with Gasteiger partial charge in [0.25, 0.3) is 0 Å². The molecular weight excluding hydrogens is 306 g/mol. The van der Waals surface area contributed by atoms with Crippen molar-refractivity contribution in [2.75, 3.05) is 24.7 Å². The van der Waals surface area contributed by atoms with Gasteiger partial charge in [-0.15, -0.1) is 0 Å². The third kappa shape index (κ3) is 5.41. The van der Waals surface area contributed by atoms with E-state index in [1.54, 1.807) is 0 Å². The van der Waals surface area contributed by atoms with Crippen molar-refractivity contribution in [1.29, 1.82) is 0 Å². The van der Waals surface area contributed by atoms with Crippen molar-refractivity contribution in [3.8, 4) is 0 Å². The summed E-state index contributed by atoms with van der Waals surface area (Å²) in [5.41, 5.74) is 0. The maximum Gasteiger partial charge on any atom is 0.363 e. The van der Waals surface area contributed by atoms with Gasteiger partial charge in [0.1, 0.15) is 4.90 Å². The van der Waals surface area contributed by atoms with Crippen molar-refractivity contribution in [2.45, 2.75) is 11.3 Å². The molecule has 20 heavy (non-hydrogen) atoms. The Bertz CT molecular complexity index is 532. The van der Waals surface area contributed by atoms with Crippen molar-refractivity contribution >= 4 is 27.6 Å². The van der Waals surface area contributed by atoms with Gasteiger partial charge >= 0.3 is 5.82 Å². The summed E-state index contributed by atoms with van der Waals surface area (Å²) < 4.78 is 26.0. The molecule has 0 aliphatic rings. The fourth-order valence-electron chi connectivity index (χ4n) is 1.24. The lowest BCUT2D eigenvalue weighted by molar-refractivity contribution is -0.389. The van der Waals surface area contributed by atoms with E-state index >= 15 is 0 Å². The minimum absolute atomic E-state index is 0.108. The van der Waals surface area contributed by atoms with Crippen LogP contribution in [-0.4, -0.2) is 48.1 Å². The molecule has 8 nitrogen and oxygen atoms in total. The Morgan fingerprint density at radius 3 is 2.70 bits per heavy atom. The second-order valence-corrected chi connectivity index (χ2v) is 6.69. The molecule has 1 heterocycles. The van der Waals surface area contributed by atoms with Crippen LogP contribution in [0.5, 0.6) is 0 Å². The molecule has 0 unspecified atom stereocenters. The molecule has 0 saturated heterocycles. The second kappa shape index (κ2) is 8.15. The predicted molar refractivity (Wildman–Crippen MR) is 75.1 cm³/mol. The molecule has 112 valence electrons. The van der Waals surface area contributed by atoms with Gasteiger partial charge in [0.15, 0.2) is 6.20 Å². The highest BCUT2D eigenvalue weighted by Gasteiger charge is 2.17. The summed E-state index contributed by atoms with van der Waals surface area (Å²) in [5, 5.41) is 19.0. The van der Waals surface area contributed by atoms with Gasteiger partial charge in [0.05, 0.1) is 0 Å². The molecule has 0 saturated carbocycles. The Morgan fingerprint density at radius 1 is 1.40 bits per heavy atom. The van der Waals surface area contributed by atoms with E-state index in [0.717, 1.165) is 24.1 Å². The smallest absolute Gasteiger partial charge is 0.363 e. The van der Waals surface area contributed by atoms with Crippen molar-refractivity contribution in [3.63, 3.8) is 0 Å². The molecule has 1 aromatic heterocycles. The van der Waals surface area contributed by atoms with E-state index in [0.29, 0.717) is 12.2 Å². The zero-order chi connectivity index (χ0) is 15.0. The van der Waals surface area contributed by atoms with Gasteiger partial charge < -0.3 is 15.2 Å². The van der Waals surface area contributed by atoms with E-state index in [4.69, 9.17) is 5.11 Å². The van der Waals surface area contributed by atoms with Gasteiger partial charge in [-0.3, -0.25) is 0 Å². The lowest BCUT2D eigenvalue weighted by atomic mass is 10.5. The maximum atomic E-state index is 11.8. The average Bonchev–Trinajstić information content (AvgIpc) is 2.43. The molecule has 0 aromatic carbocycles. The monoisotopic (exact) mass is 321 g/mol. The topological polar surface area (TPSA) is 122 Å². The Hall–Kier alpha value is -1.23. The third-order valence-electron chi connectivity index (χ3n) is 2.20. The van der Waals surface area contributed by atoms with Gasteiger partial charge in [-0.25, -0.2) is 13.1 Å². The van der Waals surface area contributed by atoms with Crippen molar-refractivity contribution in [1.82, 2.24) is 9.71 Å². The summed E-state index contributed by atoms with van der Waals surface area (Å²) in [6.07, 6.45) is 1.63. The Balaban J connectivity index is 2.49. The van der Waals surface area contributed by atoms with Crippen molar-refractivity contribution < 1.29 is 18.4 Å². The lowest BCUT2D eigenvalue weighted by Crippen LogP contribution is -2.26. The first-order chi connectivity index (χ1) is 9.47. The van der Waals surface area contributed by atoms with Gasteiger partial charge in [-0.1, -0.05) is 0 Å². The molecular formula is C10H15N3O5S2. The van der Waals surface area contributed by atoms with Crippen LogP contribution in [0.15, 0.2) is 23.2 Å². The molecule has 0 atom stereocenters. The highest BCUT2D eigenvalue weighted by atomic mass is 32.2. The first-order valence-electron chi connectivity index (χ1n) is 5.76. The number of hydrogen-bond donors (Lipinski definition) is 2. The van der Waals surface area contributed by atoms with Crippen LogP contribution in [0.2, 0.25) is 0 Å². The fraction of sp³-hybridized carbons (Fsp3) is 0.500. The number of aliphatic hydroxyl groups excluding tert-OH is 1. The zero-order valence-electron chi connectivity index (χ0n) is 10.6. The molecule has 0 aliphatic heterocycles. The highest BCUT2D eigenvalue weighted by Crippen LogP contribution is 2.12. The normalized spacial score (nSPS) is 11.4. The molecule has 10 heteroatoms. The summed E-state index contributed by atoms with van der Waals surface area (Å²) in [6.45, 7) is 0.364. The first-order valence-corrected chi connectivity index (χ1v) is 8.40. The number of sulfonamides is 1. The first kappa shape index (κ1) is 16.8. The van der Waals surface area contributed by atoms with Crippen LogP contribution in [-0.2, 0) is 10.0 Å². The SMILES string of the molecule is O=[N+]([O-])c1ccc(S(=O)(=O)NCCSCCCO)cn1. The maximum absolute atomic E-state index is 11.8. The van der Waals surface area contributed by atoms with Crippen LogP contribution in [0, 0.1) is 10.1 Å². The number of aromatic nitrogens is 1. The number of nitrogens with zero attached hydrogens (tertiary/aromatic N) is 2. The van der Waals surface area contributed by atoms with E-state index in [1.165, 1.54) is 11.8 Å². The van der Waals surface area contributed by atoms with Gasteiger partial charge in [-0.05, 0) is 28.1 Å². The molecule has 0 fully saturated rings. The summed E-state index contributed by atoms with van der Waals surface area (Å²) in [7, 11) is -3.69. The van der Waals surface area contributed by atoms with E-state index in [9.17, 15) is 18.5 Å². The summed E-state index contributed by atoms with van der Waals surface area (Å²) >= 11 is 1.53. The third-order valence-corrected chi connectivity index (χ3v) is 4.72. The molecule has 0 bridgehead atoms. The molecule has 1 rings (SSSR count). The summed E-state index contributed by atoms with van der Waals surface area (Å²) in [4.78, 5) is 13.1. The quantitative estimate of drug-likeness (QED) is 0.383. The van der Waals surface area contributed by atoms with Crippen LogP contribution in [0.3, 0.4) is 0 Å². The fourth-order valence-corrected chi connectivity index (χ4v) is 3.13. The molecule has 0 amide bonds. The number of pyridine rings is 1. The van der Waals surface area contributed by atoms with E-state index in [-0.39, 0.29) is 18.0 Å². The summed E-state index contributed by atoms with van der Waals surface area (Å²) in [5.74, 6) is 0.945. The Labute approximate surface area is 120 Å². The Morgan fingerprint density at radius 2 is 2.15 bits per heavy atom. The number of nitro groups is 1. The van der Waals surface area contributed by atoms with Crippen LogP contribution in [0.25, 0.3) is 0 Å². The number of nitrogens with one attached hydrogen (secondary N) is 1.